The Morgan fingerprint density at radius 1 is 1.28 bits per heavy atom. The van der Waals surface area contributed by atoms with Crippen LogP contribution >= 0.6 is 0 Å². The van der Waals surface area contributed by atoms with E-state index in [0.29, 0.717) is 35.9 Å². The second kappa shape index (κ2) is 9.92. The van der Waals surface area contributed by atoms with E-state index in [4.69, 9.17) is 10.5 Å². The van der Waals surface area contributed by atoms with Crippen molar-refractivity contribution < 1.29 is 13.9 Å². The van der Waals surface area contributed by atoms with Gasteiger partial charge in [0.2, 0.25) is 0 Å². The summed E-state index contributed by atoms with van der Waals surface area (Å²) < 4.78 is 20.2. The van der Waals surface area contributed by atoms with Crippen molar-refractivity contribution in [3.63, 3.8) is 0 Å². The van der Waals surface area contributed by atoms with Gasteiger partial charge in [-0.15, -0.1) is 0 Å². The van der Waals surface area contributed by atoms with Crippen molar-refractivity contribution in [2.24, 2.45) is 10.7 Å². The number of fused-ring (bicyclic) bond motifs is 1. The Morgan fingerprint density at radius 3 is 2.78 bits per heavy atom. The van der Waals surface area contributed by atoms with E-state index < -0.39 is 11.7 Å². The number of piperidine rings is 1. The lowest BCUT2D eigenvalue weighted by Gasteiger charge is -2.41. The Hall–Kier alpha value is -2.58. The molecule has 1 aromatic heterocycles. The summed E-state index contributed by atoms with van der Waals surface area (Å²) in [4.78, 5) is 23.5. The molecule has 4 rings (SSSR count). The number of amides is 1. The van der Waals surface area contributed by atoms with Crippen LogP contribution in [-0.2, 0) is 4.74 Å². The molecule has 1 amide bonds. The van der Waals surface area contributed by atoms with Crippen molar-refractivity contribution in [1.82, 2.24) is 10.3 Å². The van der Waals surface area contributed by atoms with Crippen molar-refractivity contribution in [2.75, 3.05) is 25.1 Å². The predicted octanol–water partition coefficient (Wildman–Crippen LogP) is 3.41. The number of nitrogens with two attached hydrogens (primary N) is 1. The zero-order valence-corrected chi connectivity index (χ0v) is 18.8. The van der Waals surface area contributed by atoms with Gasteiger partial charge in [-0.3, -0.25) is 4.79 Å². The van der Waals surface area contributed by atoms with Gasteiger partial charge < -0.3 is 20.7 Å². The number of halogens is 1. The standard InChI is InChI=1S/C24H32FN5O2/c1-15(26)27-24(31)18-13-17-19(25)9-6-10-20(17)29-23(18)30-12-11-21(22(14-30)32-2)28-16-7-4-3-5-8-16/h6,9-10,13,16,21-22,28H,3-5,7-8,11-12,14H2,1-2H3,(H2,26,27,31). The second-order valence-electron chi connectivity index (χ2n) is 8.84. The number of hydrogen-bond donors (Lipinski definition) is 2. The van der Waals surface area contributed by atoms with E-state index in [2.05, 4.69) is 15.3 Å². The molecular formula is C24H32FN5O2. The van der Waals surface area contributed by atoms with E-state index >= 15 is 0 Å². The molecule has 2 unspecified atom stereocenters. The zero-order valence-electron chi connectivity index (χ0n) is 18.8. The van der Waals surface area contributed by atoms with E-state index in [-0.39, 0.29) is 23.5 Å². The quantitative estimate of drug-likeness (QED) is 0.546. The van der Waals surface area contributed by atoms with Crippen LogP contribution in [0, 0.1) is 5.82 Å². The van der Waals surface area contributed by atoms with Gasteiger partial charge in [-0.05, 0) is 44.4 Å². The Bertz CT molecular complexity index is 1000. The molecule has 2 aliphatic rings. The molecule has 0 radical (unpaired) electrons. The van der Waals surface area contributed by atoms with Gasteiger partial charge >= 0.3 is 0 Å². The molecule has 0 spiro atoms. The van der Waals surface area contributed by atoms with Gasteiger partial charge in [-0.2, -0.15) is 4.99 Å². The van der Waals surface area contributed by atoms with E-state index in [1.54, 1.807) is 26.2 Å². The summed E-state index contributed by atoms with van der Waals surface area (Å²) in [6, 6.07) is 7.06. The number of ether oxygens (including phenoxy) is 1. The molecule has 1 aliphatic heterocycles. The Morgan fingerprint density at radius 2 is 2.06 bits per heavy atom. The van der Waals surface area contributed by atoms with Crippen molar-refractivity contribution in [2.45, 2.75) is 63.6 Å². The van der Waals surface area contributed by atoms with Gasteiger partial charge in [0.05, 0.1) is 17.2 Å². The molecule has 1 aliphatic carbocycles. The third-order valence-corrected chi connectivity index (χ3v) is 6.51. The highest BCUT2D eigenvalue weighted by atomic mass is 19.1. The van der Waals surface area contributed by atoms with Gasteiger partial charge in [0, 0.05) is 37.7 Å². The van der Waals surface area contributed by atoms with Crippen LogP contribution in [0.15, 0.2) is 29.3 Å². The average Bonchev–Trinajstić information content (AvgIpc) is 2.79. The molecule has 2 aromatic rings. The fraction of sp³-hybridized carbons (Fsp3) is 0.542. The normalized spacial score (nSPS) is 23.0. The molecule has 1 saturated carbocycles. The summed E-state index contributed by atoms with van der Waals surface area (Å²) in [7, 11) is 1.72. The van der Waals surface area contributed by atoms with Crippen LogP contribution in [0.1, 0.15) is 55.8 Å². The van der Waals surface area contributed by atoms with Crippen molar-refractivity contribution in [1.29, 1.82) is 0 Å². The first kappa shape index (κ1) is 22.6. The van der Waals surface area contributed by atoms with Crippen molar-refractivity contribution in [3.05, 3.63) is 35.6 Å². The Balaban J connectivity index is 1.63. The van der Waals surface area contributed by atoms with Crippen LogP contribution in [0.2, 0.25) is 0 Å². The molecule has 1 aromatic carbocycles. The number of benzene rings is 1. The number of aliphatic imine (C=N–C) groups is 1. The van der Waals surface area contributed by atoms with Gasteiger partial charge in [0.25, 0.3) is 5.91 Å². The average molecular weight is 442 g/mol. The number of rotatable bonds is 5. The Labute approximate surface area is 188 Å². The number of carbonyl (C=O) groups is 1. The molecule has 32 heavy (non-hydrogen) atoms. The third kappa shape index (κ3) is 4.91. The molecule has 7 nitrogen and oxygen atoms in total. The highest BCUT2D eigenvalue weighted by molar-refractivity contribution is 6.07. The number of hydrogen-bond acceptors (Lipinski definition) is 5. The van der Waals surface area contributed by atoms with Crippen LogP contribution < -0.4 is 16.0 Å². The van der Waals surface area contributed by atoms with Crippen molar-refractivity contribution >= 4 is 28.5 Å². The van der Waals surface area contributed by atoms with Crippen LogP contribution in [0.3, 0.4) is 0 Å². The highest BCUT2D eigenvalue weighted by Crippen LogP contribution is 2.29. The number of amidine groups is 1. The number of carbonyl (C=O) groups excluding carboxylic acids is 1. The van der Waals surface area contributed by atoms with E-state index in [9.17, 15) is 9.18 Å². The summed E-state index contributed by atoms with van der Waals surface area (Å²) >= 11 is 0. The minimum atomic E-state index is -0.519. The molecule has 2 fully saturated rings. The summed E-state index contributed by atoms with van der Waals surface area (Å²) in [5.41, 5.74) is 6.40. The topological polar surface area (TPSA) is 92.8 Å². The lowest BCUT2D eigenvalue weighted by molar-refractivity contribution is 0.0533. The van der Waals surface area contributed by atoms with E-state index in [0.717, 1.165) is 6.42 Å². The minimum Gasteiger partial charge on any atom is -0.387 e. The molecule has 172 valence electrons. The number of pyridine rings is 1. The van der Waals surface area contributed by atoms with Crippen LogP contribution in [0.4, 0.5) is 10.2 Å². The second-order valence-corrected chi connectivity index (χ2v) is 8.84. The number of methoxy groups -OCH3 is 1. The summed E-state index contributed by atoms with van der Waals surface area (Å²) in [5.74, 6) is -0.292. The molecule has 0 bridgehead atoms. The molecule has 2 heterocycles. The van der Waals surface area contributed by atoms with Gasteiger partial charge in [-0.1, -0.05) is 25.3 Å². The number of nitrogens with zero attached hydrogens (tertiary/aromatic N) is 3. The molecular weight excluding hydrogens is 409 g/mol. The maximum Gasteiger partial charge on any atom is 0.282 e. The van der Waals surface area contributed by atoms with Crippen LogP contribution in [0.25, 0.3) is 10.9 Å². The smallest absolute Gasteiger partial charge is 0.282 e. The predicted molar refractivity (Wildman–Crippen MR) is 125 cm³/mol. The lowest BCUT2D eigenvalue weighted by atomic mass is 9.92. The summed E-state index contributed by atoms with van der Waals surface area (Å²) in [5, 5.41) is 4.10. The third-order valence-electron chi connectivity index (χ3n) is 6.51. The van der Waals surface area contributed by atoms with Crippen molar-refractivity contribution in [3.8, 4) is 0 Å². The minimum absolute atomic E-state index is 0.0432. The first-order chi connectivity index (χ1) is 15.5. The molecule has 1 saturated heterocycles. The van der Waals surface area contributed by atoms with Crippen LogP contribution in [-0.4, -0.2) is 55.1 Å². The molecule has 8 heteroatoms. The number of aromatic nitrogens is 1. The molecule has 2 atom stereocenters. The summed E-state index contributed by atoms with van der Waals surface area (Å²) in [6.45, 7) is 2.85. The number of nitrogens with one attached hydrogen (secondary N) is 1. The van der Waals surface area contributed by atoms with E-state index in [1.165, 1.54) is 44.2 Å². The summed E-state index contributed by atoms with van der Waals surface area (Å²) in [6.07, 6.45) is 7.12. The van der Waals surface area contributed by atoms with Gasteiger partial charge in [-0.25, -0.2) is 9.37 Å². The SMILES string of the molecule is COC1CN(c2nc3cccc(F)c3cc2C(=O)N=C(C)N)CCC1NC1CCCCC1. The first-order valence-electron chi connectivity index (χ1n) is 11.4. The number of anilines is 1. The fourth-order valence-corrected chi connectivity index (χ4v) is 4.88. The van der Waals surface area contributed by atoms with Gasteiger partial charge in [0.15, 0.2) is 0 Å². The lowest BCUT2D eigenvalue weighted by Crippen LogP contribution is -2.56. The maximum absolute atomic E-state index is 14.4. The first-order valence-corrected chi connectivity index (χ1v) is 11.4. The van der Waals surface area contributed by atoms with Gasteiger partial charge in [0.1, 0.15) is 17.5 Å². The maximum atomic E-state index is 14.4. The zero-order chi connectivity index (χ0) is 22.7. The van der Waals surface area contributed by atoms with E-state index in [1.807, 2.05) is 4.90 Å². The Kier molecular flexibility index (Phi) is 7.01. The highest BCUT2D eigenvalue weighted by Gasteiger charge is 2.33. The van der Waals surface area contributed by atoms with Crippen LogP contribution in [0.5, 0.6) is 0 Å². The molecule has 3 N–H and O–H groups in total. The monoisotopic (exact) mass is 441 g/mol. The fourth-order valence-electron chi connectivity index (χ4n) is 4.88. The largest absolute Gasteiger partial charge is 0.387 e.